The van der Waals surface area contributed by atoms with Crippen molar-refractivity contribution in [2.45, 2.75) is 97.4 Å². The van der Waals surface area contributed by atoms with Gasteiger partial charge in [-0.1, -0.05) is 51.4 Å². The summed E-state index contributed by atoms with van der Waals surface area (Å²) < 4.78 is 12.7. The molecule has 1 heterocycles. The van der Waals surface area contributed by atoms with Crippen molar-refractivity contribution in [3.05, 3.63) is 36.0 Å². The summed E-state index contributed by atoms with van der Waals surface area (Å²) in [4.78, 5) is 25.7. The maximum atomic E-state index is 13.0. The summed E-state index contributed by atoms with van der Waals surface area (Å²) in [5.41, 5.74) is 1.60. The van der Waals surface area contributed by atoms with E-state index in [1.807, 2.05) is 13.8 Å². The molecule has 3 N–H and O–H groups in total. The summed E-state index contributed by atoms with van der Waals surface area (Å²) in [5, 5.41) is 18.7. The third-order valence-electron chi connectivity index (χ3n) is 8.52. The molecule has 1 aliphatic carbocycles. The maximum Gasteiger partial charge on any atom is 0.408 e. The van der Waals surface area contributed by atoms with Gasteiger partial charge in [0.25, 0.3) is 0 Å². The zero-order valence-corrected chi connectivity index (χ0v) is 27.0. The van der Waals surface area contributed by atoms with Crippen LogP contribution in [0.25, 0.3) is 10.9 Å². The first kappa shape index (κ1) is 34.2. The van der Waals surface area contributed by atoms with Gasteiger partial charge < -0.3 is 29.8 Å². The molecule has 1 aromatic heterocycles. The van der Waals surface area contributed by atoms with Gasteiger partial charge in [0.1, 0.15) is 0 Å². The predicted molar refractivity (Wildman–Crippen MR) is 168 cm³/mol. The second kappa shape index (κ2) is 16.5. The highest BCUT2D eigenvalue weighted by Crippen LogP contribution is 2.30. The molecular weight excluding hydrogens is 554 g/mol. The molecule has 1 aliphatic rings. The van der Waals surface area contributed by atoms with Crippen LogP contribution in [0.15, 0.2) is 30.5 Å². The molecule has 0 saturated heterocycles. The predicted octanol–water partition coefficient (Wildman–Crippen LogP) is 6.11. The quantitative estimate of drug-likeness (QED) is 0.141. The van der Waals surface area contributed by atoms with Crippen LogP contribution in [0.3, 0.4) is 0 Å². The van der Waals surface area contributed by atoms with Crippen molar-refractivity contribution < 1.29 is 24.2 Å². The van der Waals surface area contributed by atoms with Crippen molar-refractivity contribution in [2.24, 2.45) is 29.6 Å². The molecule has 9 heteroatoms. The van der Waals surface area contributed by atoms with E-state index in [0.717, 1.165) is 38.8 Å². The molecule has 0 bridgehead atoms. The molecule has 236 valence electrons. The van der Waals surface area contributed by atoms with E-state index in [1.54, 1.807) is 14.0 Å². The Labute approximate surface area is 256 Å². The second-order valence-electron chi connectivity index (χ2n) is 12.7. The largest absolute Gasteiger partial charge is 0.430 e. The van der Waals surface area contributed by atoms with E-state index in [2.05, 4.69) is 59.5 Å². The molecule has 0 spiro atoms. The lowest BCUT2D eigenvalue weighted by Gasteiger charge is -2.32. The molecule has 2 amide bonds. The average molecular weight is 606 g/mol. The normalized spacial score (nSPS) is 17.2. The summed E-state index contributed by atoms with van der Waals surface area (Å²) >= 11 is 5.92. The van der Waals surface area contributed by atoms with Crippen molar-refractivity contribution in [3.63, 3.8) is 0 Å². The molecule has 0 aliphatic heterocycles. The monoisotopic (exact) mass is 605 g/mol. The van der Waals surface area contributed by atoms with Crippen LogP contribution in [0.1, 0.15) is 72.3 Å². The molecule has 1 unspecified atom stereocenters. The molecule has 2 aromatic rings. The first-order chi connectivity index (χ1) is 20.0. The van der Waals surface area contributed by atoms with Gasteiger partial charge in [0, 0.05) is 44.4 Å². The summed E-state index contributed by atoms with van der Waals surface area (Å²) in [6.45, 7) is 12.2. The molecule has 1 saturated carbocycles. The Bertz CT molecular complexity index is 1130. The molecule has 0 radical (unpaired) electrons. The number of carbonyl (C=O) groups is 2. The fraction of sp³-hybridized carbons (Fsp3) is 0.697. The molecule has 8 nitrogen and oxygen atoms in total. The minimum absolute atomic E-state index is 0.0335. The molecule has 1 fully saturated rings. The maximum absolute atomic E-state index is 13.0. The molecule has 42 heavy (non-hydrogen) atoms. The van der Waals surface area contributed by atoms with Crippen LogP contribution in [0, 0.1) is 29.6 Å². The van der Waals surface area contributed by atoms with Gasteiger partial charge in [0.05, 0.1) is 12.1 Å². The van der Waals surface area contributed by atoms with Crippen LogP contribution < -0.4 is 10.6 Å². The highest BCUT2D eigenvalue weighted by Gasteiger charge is 2.33. The summed E-state index contributed by atoms with van der Waals surface area (Å²) in [6, 6.07) is 8.11. The number of benzene rings is 1. The number of alkyl halides is 1. The van der Waals surface area contributed by atoms with Crippen LogP contribution in [0.4, 0.5) is 4.79 Å². The topological polar surface area (TPSA) is 102 Å². The fourth-order valence-electron chi connectivity index (χ4n) is 5.60. The zero-order valence-electron chi connectivity index (χ0n) is 26.3. The van der Waals surface area contributed by atoms with E-state index < -0.39 is 23.8 Å². The minimum atomic E-state index is -0.927. The second-order valence-corrected chi connectivity index (χ2v) is 13.3. The number of alkyl carbamates (subject to hydrolysis) is 1. The number of aryl methyl sites for hydroxylation is 1. The third kappa shape index (κ3) is 10.8. The van der Waals surface area contributed by atoms with E-state index in [-0.39, 0.29) is 36.0 Å². The molecule has 5 atom stereocenters. The lowest BCUT2D eigenvalue weighted by molar-refractivity contribution is -0.127. The van der Waals surface area contributed by atoms with E-state index in [4.69, 9.17) is 21.1 Å². The van der Waals surface area contributed by atoms with Gasteiger partial charge in [0.2, 0.25) is 5.91 Å². The van der Waals surface area contributed by atoms with Crippen molar-refractivity contribution >= 4 is 34.5 Å². The number of carbonyl (C=O) groups excluding carboxylic acids is 2. The van der Waals surface area contributed by atoms with E-state index in [1.165, 1.54) is 16.5 Å². The number of hydrogen-bond acceptors (Lipinski definition) is 5. The Morgan fingerprint density at radius 1 is 1.10 bits per heavy atom. The van der Waals surface area contributed by atoms with Crippen LogP contribution >= 0.6 is 11.6 Å². The van der Waals surface area contributed by atoms with Crippen LogP contribution in [-0.4, -0.2) is 59.6 Å². The number of methoxy groups -OCH3 is 1. The number of ether oxygens (including phenoxy) is 2. The smallest absolute Gasteiger partial charge is 0.408 e. The van der Waals surface area contributed by atoms with E-state index >= 15 is 0 Å². The number of halogens is 1. The summed E-state index contributed by atoms with van der Waals surface area (Å²) in [6.07, 6.45) is 5.36. The van der Waals surface area contributed by atoms with Crippen LogP contribution in [-0.2, 0) is 27.2 Å². The van der Waals surface area contributed by atoms with Gasteiger partial charge in [-0.05, 0) is 92.2 Å². The molecule has 1 aromatic carbocycles. The highest BCUT2D eigenvalue weighted by atomic mass is 35.5. The number of aliphatic hydroxyl groups is 1. The Kier molecular flexibility index (Phi) is 13.5. The number of rotatable bonds is 18. The Balaban J connectivity index is 1.77. The number of nitrogens with zero attached hydrogens (tertiary/aromatic N) is 1. The fourth-order valence-corrected chi connectivity index (χ4v) is 5.68. The van der Waals surface area contributed by atoms with E-state index in [0.29, 0.717) is 18.9 Å². The number of amides is 2. The zero-order chi connectivity index (χ0) is 30.8. The van der Waals surface area contributed by atoms with Crippen LogP contribution in [0.5, 0.6) is 0 Å². The van der Waals surface area contributed by atoms with Gasteiger partial charge in [-0.3, -0.25) is 4.79 Å². The van der Waals surface area contributed by atoms with Crippen molar-refractivity contribution in [1.29, 1.82) is 0 Å². The van der Waals surface area contributed by atoms with Gasteiger partial charge in [-0.25, -0.2) is 4.79 Å². The first-order valence-electron chi connectivity index (χ1n) is 15.6. The van der Waals surface area contributed by atoms with Crippen molar-refractivity contribution in [3.8, 4) is 0 Å². The number of nitrogens with one attached hydrogen (secondary N) is 2. The molecular formula is C33H52ClN3O5. The first-order valence-corrected chi connectivity index (χ1v) is 16.1. The lowest BCUT2D eigenvalue weighted by atomic mass is 9.80. The Morgan fingerprint density at radius 2 is 1.83 bits per heavy atom. The third-order valence-corrected chi connectivity index (χ3v) is 8.61. The minimum Gasteiger partial charge on any atom is -0.430 e. The molecule has 3 rings (SSSR count). The summed E-state index contributed by atoms with van der Waals surface area (Å²) in [7, 11) is 1.72. The average Bonchev–Trinajstić information content (AvgIpc) is 3.67. The van der Waals surface area contributed by atoms with Crippen LogP contribution in [0.2, 0.25) is 0 Å². The van der Waals surface area contributed by atoms with Crippen molar-refractivity contribution in [1.82, 2.24) is 15.2 Å². The Morgan fingerprint density at radius 3 is 2.45 bits per heavy atom. The Hall–Kier alpha value is -2.29. The lowest BCUT2D eigenvalue weighted by Crippen LogP contribution is -2.48. The van der Waals surface area contributed by atoms with Gasteiger partial charge >= 0.3 is 6.09 Å². The highest BCUT2D eigenvalue weighted by molar-refractivity contribution is 6.19. The number of fused-ring (bicyclic) bond motifs is 1. The summed E-state index contributed by atoms with van der Waals surface area (Å²) in [5.74, 6) is 0.672. The number of aliphatic hydroxyl groups excluding tert-OH is 1. The van der Waals surface area contributed by atoms with E-state index in [9.17, 15) is 14.7 Å². The van der Waals surface area contributed by atoms with Crippen molar-refractivity contribution in [2.75, 3.05) is 20.3 Å². The number of aromatic nitrogens is 1. The standard InChI is InChI=1S/C33H52ClN3O5/c1-21(2)27(16-25-10-11-26-12-14-37(30(26)17-25)13-7-15-41-6)18-29(36-33(40)42-23(5)34)31(38)19-28(22(3)4)32(39)35-20-24-8-9-24/h10-12,14,17,21-24,27-29,31,38H,7-9,13,15-16,18-20H2,1-6H3,(H,35,39)(H,36,40)/t23?,27-,28+,29+,31-/m1/s1. The van der Waals surface area contributed by atoms with Gasteiger partial charge in [-0.2, -0.15) is 0 Å². The SMILES string of the molecule is COCCCn1ccc2ccc(C[C@H](C[C@H](NC(=O)OC(C)Cl)[C@H](O)C[C@H](C(=O)NCC3CC3)C(C)C)C(C)C)cc21. The number of hydrogen-bond donors (Lipinski definition) is 3. The van der Waals surface area contributed by atoms with Gasteiger partial charge in [0.15, 0.2) is 5.56 Å². The van der Waals surface area contributed by atoms with Gasteiger partial charge in [-0.15, -0.1) is 0 Å².